The summed E-state index contributed by atoms with van der Waals surface area (Å²) in [5, 5.41) is 2.26. The number of H-pyrrole nitrogens is 1. The highest BCUT2D eigenvalue weighted by atomic mass is 19.4. The molecule has 9 nitrogen and oxygen atoms in total. The molecule has 0 unspecified atom stereocenters. The van der Waals surface area contributed by atoms with Gasteiger partial charge in [-0.15, -0.1) is 13.2 Å². The Kier molecular flexibility index (Phi) is 5.68. The fourth-order valence-electron chi connectivity index (χ4n) is 2.09. The molecule has 0 aliphatic carbocycles. The van der Waals surface area contributed by atoms with Crippen molar-refractivity contribution in [3.63, 3.8) is 0 Å². The fourth-order valence-corrected chi connectivity index (χ4v) is 2.09. The number of para-hydroxylation sites is 1. The summed E-state index contributed by atoms with van der Waals surface area (Å²) >= 11 is 0. The van der Waals surface area contributed by atoms with Crippen LogP contribution in [0.25, 0.3) is 0 Å². The second-order valence-corrected chi connectivity index (χ2v) is 5.22. The summed E-state index contributed by atoms with van der Waals surface area (Å²) in [6.07, 6.45) is -4.91. The summed E-state index contributed by atoms with van der Waals surface area (Å²) in [5.41, 5.74) is 2.52. The first kappa shape index (κ1) is 19.8. The van der Waals surface area contributed by atoms with E-state index in [1.165, 1.54) is 18.2 Å². The molecule has 0 aliphatic rings. The van der Waals surface area contributed by atoms with Gasteiger partial charge < -0.3 is 20.8 Å². The number of rotatable bonds is 6. The van der Waals surface area contributed by atoms with Gasteiger partial charge in [0.25, 0.3) is 11.5 Å². The first-order valence-corrected chi connectivity index (χ1v) is 7.31. The number of carbonyl (C=O) groups excluding carboxylic acids is 2. The number of benzene rings is 1. The van der Waals surface area contributed by atoms with Gasteiger partial charge in [-0.1, -0.05) is 18.2 Å². The molecule has 0 bridgehead atoms. The second-order valence-electron chi connectivity index (χ2n) is 5.22. The van der Waals surface area contributed by atoms with E-state index in [0.29, 0.717) is 4.57 Å². The SMILES string of the molecule is NC(=O)Cn1c(=O)cc(C(=O)NCc2ccccc2OC(F)(F)F)[nH]c1=O. The number of ether oxygens (including phenoxy) is 1. The molecule has 1 heterocycles. The third kappa shape index (κ3) is 5.45. The minimum Gasteiger partial charge on any atom is -0.405 e. The summed E-state index contributed by atoms with van der Waals surface area (Å²) in [6.45, 7) is -1.03. The van der Waals surface area contributed by atoms with Crippen LogP contribution in [0.15, 0.2) is 39.9 Å². The predicted molar refractivity (Wildman–Crippen MR) is 84.8 cm³/mol. The van der Waals surface area contributed by atoms with Crippen LogP contribution >= 0.6 is 0 Å². The number of nitrogens with zero attached hydrogens (tertiary/aromatic N) is 1. The highest BCUT2D eigenvalue weighted by Gasteiger charge is 2.32. The fraction of sp³-hybridized carbons (Fsp3) is 0.200. The third-order valence-corrected chi connectivity index (χ3v) is 3.22. The molecule has 1 aromatic carbocycles. The Labute approximate surface area is 148 Å². The van der Waals surface area contributed by atoms with E-state index in [-0.39, 0.29) is 12.1 Å². The number of nitrogens with one attached hydrogen (secondary N) is 2. The Morgan fingerprint density at radius 1 is 1.22 bits per heavy atom. The molecule has 4 N–H and O–H groups in total. The molecule has 2 rings (SSSR count). The average molecular weight is 386 g/mol. The number of hydrogen-bond donors (Lipinski definition) is 3. The van der Waals surface area contributed by atoms with Crippen LogP contribution in [0.4, 0.5) is 13.2 Å². The molecule has 0 saturated carbocycles. The standard InChI is InChI=1S/C15H13F3N4O5/c16-15(17,18)27-10-4-2-1-3-8(10)6-20-13(25)9-5-12(24)22(7-11(19)23)14(26)21-9/h1-5H,6-7H2,(H2,19,23)(H,20,25)(H,21,26). The molecule has 1 aromatic heterocycles. The molecule has 2 amide bonds. The van der Waals surface area contributed by atoms with Gasteiger partial charge in [0.2, 0.25) is 5.91 Å². The van der Waals surface area contributed by atoms with Gasteiger partial charge in [-0.05, 0) is 6.07 Å². The largest absolute Gasteiger partial charge is 0.573 e. The molecule has 144 valence electrons. The van der Waals surface area contributed by atoms with Crippen LogP contribution in [0.3, 0.4) is 0 Å². The number of alkyl halides is 3. The van der Waals surface area contributed by atoms with E-state index in [2.05, 4.69) is 15.0 Å². The van der Waals surface area contributed by atoms with Crippen LogP contribution in [0.5, 0.6) is 5.75 Å². The van der Waals surface area contributed by atoms with Gasteiger partial charge >= 0.3 is 12.1 Å². The maximum absolute atomic E-state index is 12.4. The lowest BCUT2D eigenvalue weighted by molar-refractivity contribution is -0.274. The molecule has 0 aliphatic heterocycles. The third-order valence-electron chi connectivity index (χ3n) is 3.22. The van der Waals surface area contributed by atoms with Gasteiger partial charge in [-0.3, -0.25) is 19.0 Å². The van der Waals surface area contributed by atoms with Crippen LogP contribution in [0.2, 0.25) is 0 Å². The molecular formula is C15H13F3N4O5. The molecule has 2 aromatic rings. The number of halogens is 3. The van der Waals surface area contributed by atoms with E-state index >= 15 is 0 Å². The van der Waals surface area contributed by atoms with Crippen molar-refractivity contribution in [3.8, 4) is 5.75 Å². The van der Waals surface area contributed by atoms with E-state index < -0.39 is 47.4 Å². The molecular weight excluding hydrogens is 373 g/mol. The molecule has 0 atom stereocenters. The quantitative estimate of drug-likeness (QED) is 0.634. The first-order chi connectivity index (χ1) is 12.6. The van der Waals surface area contributed by atoms with Gasteiger partial charge in [-0.2, -0.15) is 0 Å². The second kappa shape index (κ2) is 7.76. The lowest BCUT2D eigenvalue weighted by Gasteiger charge is -2.13. The number of primary amides is 1. The summed E-state index contributed by atoms with van der Waals surface area (Å²) in [7, 11) is 0. The Hall–Kier alpha value is -3.57. The van der Waals surface area contributed by atoms with Gasteiger partial charge in [0, 0.05) is 18.2 Å². The van der Waals surface area contributed by atoms with Crippen molar-refractivity contribution >= 4 is 11.8 Å². The van der Waals surface area contributed by atoms with Crippen molar-refractivity contribution in [1.29, 1.82) is 0 Å². The Balaban J connectivity index is 2.17. The molecule has 0 fully saturated rings. The number of carbonyl (C=O) groups is 2. The first-order valence-electron chi connectivity index (χ1n) is 7.31. The summed E-state index contributed by atoms with van der Waals surface area (Å²) in [5.74, 6) is -2.35. The van der Waals surface area contributed by atoms with Crippen molar-refractivity contribution < 1.29 is 27.5 Å². The number of nitrogens with two attached hydrogens (primary N) is 1. The average Bonchev–Trinajstić information content (AvgIpc) is 2.55. The van der Waals surface area contributed by atoms with Gasteiger partial charge in [-0.25, -0.2) is 4.79 Å². The zero-order valence-electron chi connectivity index (χ0n) is 13.5. The molecule has 27 heavy (non-hydrogen) atoms. The normalized spacial score (nSPS) is 11.1. The Bertz CT molecular complexity index is 949. The number of aromatic amines is 1. The van der Waals surface area contributed by atoms with Crippen LogP contribution in [0.1, 0.15) is 16.1 Å². The maximum atomic E-state index is 12.4. The van der Waals surface area contributed by atoms with E-state index in [9.17, 15) is 32.3 Å². The lowest BCUT2D eigenvalue weighted by Crippen LogP contribution is -2.41. The molecule has 0 saturated heterocycles. The number of amides is 2. The summed E-state index contributed by atoms with van der Waals surface area (Å²) < 4.78 is 41.5. The van der Waals surface area contributed by atoms with Crippen LogP contribution in [-0.2, 0) is 17.9 Å². The van der Waals surface area contributed by atoms with Crippen molar-refractivity contribution in [2.45, 2.75) is 19.5 Å². The molecule has 12 heteroatoms. The van der Waals surface area contributed by atoms with Gasteiger partial charge in [0.1, 0.15) is 18.0 Å². The van der Waals surface area contributed by atoms with Gasteiger partial charge in [0.05, 0.1) is 0 Å². The predicted octanol–water partition coefficient (Wildman–Crippen LogP) is -0.150. The van der Waals surface area contributed by atoms with E-state index in [1.807, 2.05) is 0 Å². The monoisotopic (exact) mass is 386 g/mol. The van der Waals surface area contributed by atoms with Crippen molar-refractivity contribution in [2.75, 3.05) is 0 Å². The Morgan fingerprint density at radius 2 is 1.89 bits per heavy atom. The minimum atomic E-state index is -4.91. The zero-order chi connectivity index (χ0) is 20.2. The summed E-state index contributed by atoms with van der Waals surface area (Å²) in [4.78, 5) is 48.5. The molecule has 0 radical (unpaired) electrons. The van der Waals surface area contributed by atoms with Crippen LogP contribution < -0.4 is 27.0 Å². The number of hydrogen-bond acceptors (Lipinski definition) is 5. The minimum absolute atomic E-state index is 0.0209. The smallest absolute Gasteiger partial charge is 0.405 e. The maximum Gasteiger partial charge on any atom is 0.573 e. The van der Waals surface area contributed by atoms with E-state index in [4.69, 9.17) is 5.73 Å². The highest BCUT2D eigenvalue weighted by molar-refractivity contribution is 5.92. The van der Waals surface area contributed by atoms with Crippen molar-refractivity contribution in [1.82, 2.24) is 14.9 Å². The Morgan fingerprint density at radius 3 is 2.48 bits per heavy atom. The van der Waals surface area contributed by atoms with E-state index in [0.717, 1.165) is 12.1 Å². The zero-order valence-corrected chi connectivity index (χ0v) is 13.5. The van der Waals surface area contributed by atoms with Crippen LogP contribution in [-0.4, -0.2) is 27.7 Å². The summed E-state index contributed by atoms with van der Waals surface area (Å²) in [6, 6.07) is 5.90. The highest BCUT2D eigenvalue weighted by Crippen LogP contribution is 2.26. The number of aromatic nitrogens is 2. The lowest BCUT2D eigenvalue weighted by atomic mass is 10.2. The van der Waals surface area contributed by atoms with Crippen molar-refractivity contribution in [2.24, 2.45) is 5.73 Å². The molecule has 0 spiro atoms. The van der Waals surface area contributed by atoms with Crippen LogP contribution in [0, 0.1) is 0 Å². The van der Waals surface area contributed by atoms with Crippen molar-refractivity contribution in [3.05, 3.63) is 62.4 Å². The van der Waals surface area contributed by atoms with Gasteiger partial charge in [0.15, 0.2) is 0 Å². The topological polar surface area (TPSA) is 136 Å². The van der Waals surface area contributed by atoms with E-state index in [1.54, 1.807) is 0 Å².